The molecule has 0 saturated carbocycles. The van der Waals surface area contributed by atoms with E-state index in [2.05, 4.69) is 5.32 Å². The van der Waals surface area contributed by atoms with E-state index in [0.717, 1.165) is 0 Å². The Balaban J connectivity index is 2.70. The Labute approximate surface area is 70.0 Å². The van der Waals surface area contributed by atoms with E-state index in [-0.39, 0.29) is 5.60 Å². The molecule has 12 heavy (non-hydrogen) atoms. The first-order chi connectivity index (χ1) is 5.54. The maximum absolute atomic E-state index is 8.81. The molecule has 0 bridgehead atoms. The molecule has 1 aliphatic heterocycles. The molecular weight excluding hydrogens is 161 g/mol. The number of rotatable bonds is 2. The predicted molar refractivity (Wildman–Crippen MR) is 43.6 cm³/mol. The molecule has 0 fully saturated rings. The van der Waals surface area contributed by atoms with E-state index < -0.39 is 13.0 Å². The van der Waals surface area contributed by atoms with Gasteiger partial charge in [-0.2, -0.15) is 0 Å². The molecule has 1 atom stereocenters. The number of dihydropyridines is 1. The molecule has 0 aromatic carbocycles. The first-order valence-corrected chi connectivity index (χ1v) is 3.53. The zero-order chi connectivity index (χ0) is 9.19. The molecule has 1 unspecified atom stereocenters. The van der Waals surface area contributed by atoms with Crippen molar-refractivity contribution < 1.29 is 19.8 Å². The number of nitrogens with one attached hydrogen (secondary N) is 1. The number of allylic oxidation sites excluding steroid dienone is 2. The van der Waals surface area contributed by atoms with Crippen molar-refractivity contribution in [3.05, 3.63) is 23.8 Å². The molecule has 1 heterocycles. The molecule has 0 radical (unpaired) electrons. The van der Waals surface area contributed by atoms with Crippen LogP contribution in [0.25, 0.3) is 0 Å². The monoisotopic (exact) mass is 172 g/mol. The van der Waals surface area contributed by atoms with Crippen LogP contribution in [0.4, 0.5) is 0 Å². The minimum atomic E-state index is -3.45. The van der Waals surface area contributed by atoms with Gasteiger partial charge in [0.05, 0.1) is 0 Å². The smallest absolute Gasteiger partial charge is 0.417 e. The van der Waals surface area contributed by atoms with Crippen LogP contribution in [0, 0.1) is 0 Å². The highest BCUT2D eigenvalue weighted by Gasteiger charge is 2.23. The van der Waals surface area contributed by atoms with Crippen molar-refractivity contribution in [1.82, 2.24) is 5.32 Å². The Morgan fingerprint density at radius 2 is 2.17 bits per heavy atom. The van der Waals surface area contributed by atoms with E-state index in [4.69, 9.17) is 19.8 Å². The van der Waals surface area contributed by atoms with E-state index in [0.29, 0.717) is 0 Å². The SMILES string of the molecule is COC1C=CC=C([B-](O)(O)O)N1. The highest BCUT2D eigenvalue weighted by Crippen LogP contribution is 2.08. The van der Waals surface area contributed by atoms with Crippen molar-refractivity contribution in [2.75, 3.05) is 7.11 Å². The van der Waals surface area contributed by atoms with Crippen molar-refractivity contribution >= 4 is 6.75 Å². The summed E-state index contributed by atoms with van der Waals surface area (Å²) in [7, 11) is 1.46. The summed E-state index contributed by atoms with van der Waals surface area (Å²) in [5.41, 5.74) is -0.0515. The van der Waals surface area contributed by atoms with Crippen molar-refractivity contribution in [3.63, 3.8) is 0 Å². The second kappa shape index (κ2) is 3.28. The van der Waals surface area contributed by atoms with Crippen LogP contribution in [0.3, 0.4) is 0 Å². The first kappa shape index (κ1) is 9.27. The lowest BCUT2D eigenvalue weighted by Crippen LogP contribution is -2.48. The first-order valence-electron chi connectivity index (χ1n) is 3.53. The second-order valence-electron chi connectivity index (χ2n) is 2.54. The number of hydrogen-bond donors (Lipinski definition) is 4. The van der Waals surface area contributed by atoms with Crippen LogP contribution in [-0.2, 0) is 4.74 Å². The third-order valence-corrected chi connectivity index (χ3v) is 1.54. The molecule has 68 valence electrons. The molecule has 0 aliphatic carbocycles. The van der Waals surface area contributed by atoms with Gasteiger partial charge in [-0.15, -0.1) is 0 Å². The molecule has 1 aliphatic rings. The summed E-state index contributed by atoms with van der Waals surface area (Å²) in [5, 5.41) is 29.0. The lowest BCUT2D eigenvalue weighted by atomic mass is 9.74. The molecule has 1 rings (SSSR count). The topological polar surface area (TPSA) is 82.0 Å². The largest absolute Gasteiger partial charge is 0.555 e. The molecule has 0 saturated heterocycles. The van der Waals surface area contributed by atoms with Gasteiger partial charge in [-0.25, -0.2) is 0 Å². The molecule has 0 aromatic rings. The predicted octanol–water partition coefficient (Wildman–Crippen LogP) is -1.54. The van der Waals surface area contributed by atoms with Crippen LogP contribution < -0.4 is 5.32 Å². The molecular formula is C6H11BNO4-. The highest BCUT2D eigenvalue weighted by atomic mass is 16.6. The Kier molecular flexibility index (Phi) is 2.54. The number of ether oxygens (including phenoxy) is 1. The summed E-state index contributed by atoms with van der Waals surface area (Å²) in [6, 6.07) is 0. The summed E-state index contributed by atoms with van der Waals surface area (Å²) in [4.78, 5) is 0. The summed E-state index contributed by atoms with van der Waals surface area (Å²) in [6.45, 7) is -3.45. The molecule has 4 N–H and O–H groups in total. The molecule has 0 amide bonds. The molecule has 0 spiro atoms. The van der Waals surface area contributed by atoms with Crippen LogP contribution in [-0.4, -0.2) is 35.2 Å². The van der Waals surface area contributed by atoms with E-state index in [1.807, 2.05) is 0 Å². The molecule has 5 nitrogen and oxygen atoms in total. The Morgan fingerprint density at radius 1 is 1.50 bits per heavy atom. The zero-order valence-electron chi connectivity index (χ0n) is 6.64. The Hall–Kier alpha value is -0.815. The molecule has 0 aromatic heterocycles. The van der Waals surface area contributed by atoms with Crippen LogP contribution in [0.2, 0.25) is 0 Å². The summed E-state index contributed by atoms with van der Waals surface area (Å²) in [6.07, 6.45) is 4.18. The number of hydrogen-bond acceptors (Lipinski definition) is 5. The van der Waals surface area contributed by atoms with E-state index in [1.54, 1.807) is 12.2 Å². The van der Waals surface area contributed by atoms with Gasteiger partial charge in [0.25, 0.3) is 0 Å². The van der Waals surface area contributed by atoms with Crippen molar-refractivity contribution in [1.29, 1.82) is 0 Å². The average molecular weight is 172 g/mol. The van der Waals surface area contributed by atoms with Gasteiger partial charge in [0.2, 0.25) is 0 Å². The van der Waals surface area contributed by atoms with Crippen molar-refractivity contribution in [3.8, 4) is 0 Å². The zero-order valence-corrected chi connectivity index (χ0v) is 6.64. The van der Waals surface area contributed by atoms with E-state index in [1.165, 1.54) is 13.2 Å². The van der Waals surface area contributed by atoms with E-state index >= 15 is 0 Å². The van der Waals surface area contributed by atoms with Gasteiger partial charge in [-0.1, -0.05) is 17.7 Å². The van der Waals surface area contributed by atoms with Gasteiger partial charge in [0.15, 0.2) is 0 Å². The third kappa shape index (κ3) is 2.08. The minimum absolute atomic E-state index is 0.0515. The Morgan fingerprint density at radius 3 is 2.67 bits per heavy atom. The fourth-order valence-corrected chi connectivity index (χ4v) is 0.899. The Bertz CT molecular complexity index is 220. The van der Waals surface area contributed by atoms with Crippen LogP contribution >= 0.6 is 0 Å². The fraction of sp³-hybridized carbons (Fsp3) is 0.333. The minimum Gasteiger partial charge on any atom is -0.555 e. The fourth-order valence-electron chi connectivity index (χ4n) is 0.899. The van der Waals surface area contributed by atoms with Crippen LogP contribution in [0.15, 0.2) is 23.8 Å². The second-order valence-corrected chi connectivity index (χ2v) is 2.54. The molecule has 6 heteroatoms. The van der Waals surface area contributed by atoms with Crippen LogP contribution in [0.1, 0.15) is 0 Å². The van der Waals surface area contributed by atoms with Gasteiger partial charge in [0, 0.05) is 7.11 Å². The maximum Gasteiger partial charge on any atom is 0.417 e. The quantitative estimate of drug-likeness (QED) is 0.379. The summed E-state index contributed by atoms with van der Waals surface area (Å²) >= 11 is 0. The van der Waals surface area contributed by atoms with E-state index in [9.17, 15) is 0 Å². The van der Waals surface area contributed by atoms with Gasteiger partial charge in [0.1, 0.15) is 6.23 Å². The van der Waals surface area contributed by atoms with Gasteiger partial charge in [-0.3, -0.25) is 0 Å². The summed E-state index contributed by atoms with van der Waals surface area (Å²) in [5.74, 6) is 0. The normalized spacial score (nSPS) is 23.3. The van der Waals surface area contributed by atoms with Crippen LogP contribution in [0.5, 0.6) is 0 Å². The number of methoxy groups -OCH3 is 1. The highest BCUT2D eigenvalue weighted by molar-refractivity contribution is 6.64. The lowest BCUT2D eigenvalue weighted by Gasteiger charge is -2.30. The third-order valence-electron chi connectivity index (χ3n) is 1.54. The van der Waals surface area contributed by atoms with Gasteiger partial charge >= 0.3 is 6.75 Å². The van der Waals surface area contributed by atoms with Crippen molar-refractivity contribution in [2.45, 2.75) is 6.23 Å². The lowest BCUT2D eigenvalue weighted by molar-refractivity contribution is 0.117. The summed E-state index contributed by atoms with van der Waals surface area (Å²) < 4.78 is 4.85. The maximum atomic E-state index is 8.81. The van der Waals surface area contributed by atoms with Gasteiger partial charge < -0.3 is 25.1 Å². The average Bonchev–Trinajstić information content (AvgIpc) is 2.03. The standard InChI is InChI=1S/C6H11BNO4/c1-12-6-4-2-3-5(8-6)7(9,10)11/h2-4,6,8-11H,1H3/q-1. The van der Waals surface area contributed by atoms with Gasteiger partial charge in [-0.05, 0) is 6.08 Å². The van der Waals surface area contributed by atoms with Crippen molar-refractivity contribution in [2.24, 2.45) is 0 Å².